The fraction of sp³-hybridized carbons (Fsp3) is 0.500. The van der Waals surface area contributed by atoms with E-state index >= 15 is 0 Å². The molecule has 7 heteroatoms. The number of anilines is 1. The predicted octanol–water partition coefficient (Wildman–Crippen LogP) is 3.51. The average molecular weight is 387 g/mol. The number of nitrogens with one attached hydrogen (secondary N) is 2. The van der Waals surface area contributed by atoms with Gasteiger partial charge >= 0.3 is 0 Å². The van der Waals surface area contributed by atoms with E-state index < -0.39 is 0 Å². The maximum atomic E-state index is 12.5. The summed E-state index contributed by atoms with van der Waals surface area (Å²) in [5, 5.41) is 17.8. The van der Waals surface area contributed by atoms with Gasteiger partial charge in [-0.15, -0.1) is 11.3 Å². The summed E-state index contributed by atoms with van der Waals surface area (Å²) in [5.74, 6) is 0.430. The van der Waals surface area contributed by atoms with Crippen LogP contribution < -0.4 is 10.6 Å². The SMILES string of the molecule is Cc1c(C#N)c(NC(=O)CN[C@@H](C)c2cccs2)n(C[C@H]2CCCO2)c1C. The van der Waals surface area contributed by atoms with Crippen LogP contribution in [0, 0.1) is 25.2 Å². The van der Waals surface area contributed by atoms with Gasteiger partial charge in [0.25, 0.3) is 0 Å². The van der Waals surface area contributed by atoms with Crippen LogP contribution in [0.5, 0.6) is 0 Å². The number of ether oxygens (including phenoxy) is 1. The largest absolute Gasteiger partial charge is 0.376 e. The topological polar surface area (TPSA) is 79.1 Å². The number of hydrogen-bond acceptors (Lipinski definition) is 5. The molecule has 1 aliphatic heterocycles. The van der Waals surface area contributed by atoms with Crippen LogP contribution in [-0.4, -0.2) is 29.7 Å². The summed E-state index contributed by atoms with van der Waals surface area (Å²) >= 11 is 1.66. The maximum absolute atomic E-state index is 12.5. The molecule has 1 amide bonds. The second-order valence-corrected chi connectivity index (χ2v) is 7.94. The molecule has 0 aromatic carbocycles. The second-order valence-electron chi connectivity index (χ2n) is 6.96. The molecular formula is C20H26N4O2S. The highest BCUT2D eigenvalue weighted by molar-refractivity contribution is 7.10. The van der Waals surface area contributed by atoms with Gasteiger partial charge in [-0.2, -0.15) is 5.26 Å². The molecule has 2 atom stereocenters. The number of nitriles is 1. The molecule has 1 aliphatic rings. The molecule has 3 heterocycles. The van der Waals surface area contributed by atoms with E-state index in [4.69, 9.17) is 4.74 Å². The van der Waals surface area contributed by atoms with Crippen molar-refractivity contribution in [2.75, 3.05) is 18.5 Å². The van der Waals surface area contributed by atoms with Crippen LogP contribution in [0.15, 0.2) is 17.5 Å². The van der Waals surface area contributed by atoms with Gasteiger partial charge in [-0.05, 0) is 50.6 Å². The second kappa shape index (κ2) is 8.70. The van der Waals surface area contributed by atoms with Crippen molar-refractivity contribution >= 4 is 23.1 Å². The highest BCUT2D eigenvalue weighted by Gasteiger charge is 2.24. The highest BCUT2D eigenvalue weighted by atomic mass is 32.1. The van der Waals surface area contributed by atoms with Gasteiger partial charge in [0, 0.05) is 23.2 Å². The molecule has 2 N–H and O–H groups in total. The summed E-state index contributed by atoms with van der Waals surface area (Å²) in [5.41, 5.74) is 2.44. The summed E-state index contributed by atoms with van der Waals surface area (Å²) in [6.07, 6.45) is 2.20. The van der Waals surface area contributed by atoms with Crippen molar-refractivity contribution < 1.29 is 9.53 Å². The van der Waals surface area contributed by atoms with Crippen molar-refractivity contribution in [3.63, 3.8) is 0 Å². The van der Waals surface area contributed by atoms with Crippen molar-refractivity contribution in [2.45, 2.75) is 52.3 Å². The quantitative estimate of drug-likeness (QED) is 0.763. The first-order valence-corrected chi connectivity index (χ1v) is 10.2. The number of nitrogens with zero attached hydrogens (tertiary/aromatic N) is 2. The molecule has 1 fully saturated rings. The molecule has 0 aliphatic carbocycles. The van der Waals surface area contributed by atoms with E-state index in [0.29, 0.717) is 17.9 Å². The monoisotopic (exact) mass is 386 g/mol. The first kappa shape index (κ1) is 19.6. The van der Waals surface area contributed by atoms with E-state index in [-0.39, 0.29) is 24.6 Å². The molecule has 6 nitrogen and oxygen atoms in total. The smallest absolute Gasteiger partial charge is 0.239 e. The number of aromatic nitrogens is 1. The van der Waals surface area contributed by atoms with Crippen LogP contribution in [0.3, 0.4) is 0 Å². The lowest BCUT2D eigenvalue weighted by atomic mass is 10.2. The number of hydrogen-bond donors (Lipinski definition) is 2. The Morgan fingerprint density at radius 1 is 1.52 bits per heavy atom. The molecule has 1 saturated heterocycles. The third kappa shape index (κ3) is 4.41. The Bertz CT molecular complexity index is 829. The number of rotatable bonds is 7. The third-order valence-electron chi connectivity index (χ3n) is 5.15. The van der Waals surface area contributed by atoms with E-state index in [1.165, 1.54) is 4.88 Å². The standard InChI is InChI=1S/C20H26N4O2S/c1-13-15(3)24(12-16-6-4-8-26-16)20(17(13)10-21)23-19(25)11-22-14(2)18-7-5-9-27-18/h5,7,9,14,16,22H,4,6,8,11-12H2,1-3H3,(H,23,25)/t14-,16+/m0/s1. The number of carbonyl (C=O) groups excluding carboxylic acids is 1. The molecule has 27 heavy (non-hydrogen) atoms. The van der Waals surface area contributed by atoms with E-state index in [0.717, 1.165) is 30.7 Å². The van der Waals surface area contributed by atoms with Gasteiger partial charge in [-0.3, -0.25) is 4.79 Å². The maximum Gasteiger partial charge on any atom is 0.239 e. The van der Waals surface area contributed by atoms with Gasteiger partial charge in [-0.1, -0.05) is 6.07 Å². The van der Waals surface area contributed by atoms with Crippen LogP contribution in [0.25, 0.3) is 0 Å². The van der Waals surface area contributed by atoms with Gasteiger partial charge < -0.3 is 19.9 Å². The lowest BCUT2D eigenvalue weighted by Crippen LogP contribution is -2.31. The Labute approximate surface area is 164 Å². The van der Waals surface area contributed by atoms with E-state index in [9.17, 15) is 10.1 Å². The van der Waals surface area contributed by atoms with Crippen LogP contribution >= 0.6 is 11.3 Å². The van der Waals surface area contributed by atoms with Crippen molar-refractivity contribution in [1.82, 2.24) is 9.88 Å². The van der Waals surface area contributed by atoms with Crippen LogP contribution in [0.2, 0.25) is 0 Å². The van der Waals surface area contributed by atoms with Crippen LogP contribution in [0.1, 0.15) is 47.5 Å². The zero-order valence-corrected chi connectivity index (χ0v) is 16.9. The van der Waals surface area contributed by atoms with Gasteiger partial charge in [-0.25, -0.2) is 0 Å². The normalized spacial score (nSPS) is 17.6. The van der Waals surface area contributed by atoms with E-state index in [1.807, 2.05) is 42.9 Å². The fourth-order valence-corrected chi connectivity index (χ4v) is 4.17. The Hall–Kier alpha value is -2.14. The minimum Gasteiger partial charge on any atom is -0.376 e. The third-order valence-corrected chi connectivity index (χ3v) is 6.20. The molecule has 0 saturated carbocycles. The minimum absolute atomic E-state index is 0.105. The Morgan fingerprint density at radius 2 is 2.33 bits per heavy atom. The first-order valence-electron chi connectivity index (χ1n) is 9.29. The summed E-state index contributed by atoms with van der Waals surface area (Å²) in [6.45, 7) is 7.57. The zero-order chi connectivity index (χ0) is 19.4. The molecule has 0 unspecified atom stereocenters. The van der Waals surface area contributed by atoms with Gasteiger partial charge in [0.05, 0.1) is 24.8 Å². The van der Waals surface area contributed by atoms with E-state index in [2.05, 4.69) is 16.7 Å². The summed E-state index contributed by atoms with van der Waals surface area (Å²) < 4.78 is 7.77. The summed E-state index contributed by atoms with van der Waals surface area (Å²) in [6, 6.07) is 6.40. The average Bonchev–Trinajstić information content (AvgIpc) is 3.40. The summed E-state index contributed by atoms with van der Waals surface area (Å²) in [7, 11) is 0. The summed E-state index contributed by atoms with van der Waals surface area (Å²) in [4.78, 5) is 13.7. The fourth-order valence-electron chi connectivity index (χ4n) is 3.41. The van der Waals surface area contributed by atoms with Gasteiger partial charge in [0.1, 0.15) is 11.9 Å². The Kier molecular flexibility index (Phi) is 6.32. The van der Waals surface area contributed by atoms with Crippen molar-refractivity contribution in [2.24, 2.45) is 0 Å². The van der Waals surface area contributed by atoms with Crippen molar-refractivity contribution in [1.29, 1.82) is 5.26 Å². The highest BCUT2D eigenvalue weighted by Crippen LogP contribution is 2.28. The minimum atomic E-state index is -0.152. The number of amides is 1. The Morgan fingerprint density at radius 3 is 2.96 bits per heavy atom. The molecule has 3 rings (SSSR count). The first-order chi connectivity index (χ1) is 13.0. The van der Waals surface area contributed by atoms with E-state index in [1.54, 1.807) is 11.3 Å². The molecule has 0 bridgehead atoms. The zero-order valence-electron chi connectivity index (χ0n) is 16.0. The lowest BCUT2D eigenvalue weighted by molar-refractivity contribution is -0.115. The molecular weight excluding hydrogens is 360 g/mol. The van der Waals surface area contributed by atoms with Crippen molar-refractivity contribution in [3.8, 4) is 6.07 Å². The Balaban J connectivity index is 1.71. The molecule has 0 radical (unpaired) electrons. The van der Waals surface area contributed by atoms with Gasteiger partial charge in [0.15, 0.2) is 0 Å². The molecule has 144 valence electrons. The van der Waals surface area contributed by atoms with Crippen LogP contribution in [0.4, 0.5) is 5.82 Å². The predicted molar refractivity (Wildman–Crippen MR) is 107 cm³/mol. The van der Waals surface area contributed by atoms with Gasteiger partial charge in [0.2, 0.25) is 5.91 Å². The lowest BCUT2D eigenvalue weighted by Gasteiger charge is -2.17. The number of thiophene rings is 1. The van der Waals surface area contributed by atoms with Crippen molar-refractivity contribution in [3.05, 3.63) is 39.2 Å². The molecule has 2 aromatic rings. The van der Waals surface area contributed by atoms with Crippen LogP contribution in [-0.2, 0) is 16.1 Å². The molecule has 2 aromatic heterocycles. The molecule has 0 spiro atoms. The number of carbonyl (C=O) groups is 1.